The number of nitrogens with zero attached hydrogens (tertiary/aromatic N) is 1. The van der Waals surface area contributed by atoms with E-state index in [1.807, 2.05) is 0 Å². The van der Waals surface area contributed by atoms with Crippen LogP contribution in [0.5, 0.6) is 11.5 Å². The summed E-state index contributed by atoms with van der Waals surface area (Å²) in [5.41, 5.74) is 0.395. The van der Waals surface area contributed by atoms with Gasteiger partial charge in [0, 0.05) is 18.8 Å². The van der Waals surface area contributed by atoms with E-state index in [1.54, 1.807) is 0 Å². The summed E-state index contributed by atoms with van der Waals surface area (Å²) in [4.78, 5) is 24.1. The highest BCUT2D eigenvalue weighted by Gasteiger charge is 2.43. The Hall–Kier alpha value is -2.38. The predicted molar refractivity (Wildman–Crippen MR) is 62.4 cm³/mol. The van der Waals surface area contributed by atoms with Gasteiger partial charge >= 0.3 is 6.29 Å². The second kappa shape index (κ2) is 4.06. The monoisotopic (exact) mass is 284 g/mol. The summed E-state index contributed by atoms with van der Waals surface area (Å²) in [5.74, 6) is -0.852. The van der Waals surface area contributed by atoms with E-state index >= 15 is 0 Å². The summed E-state index contributed by atoms with van der Waals surface area (Å²) in [5, 5.41) is 2.82. The van der Waals surface area contributed by atoms with Gasteiger partial charge in [0.2, 0.25) is 5.91 Å². The molecule has 0 saturated carbocycles. The molecule has 1 N–H and O–H groups in total. The zero-order chi connectivity index (χ0) is 14.5. The second-order valence-electron chi connectivity index (χ2n) is 4.52. The Labute approximate surface area is 112 Å². The van der Waals surface area contributed by atoms with Crippen molar-refractivity contribution in [3.8, 4) is 11.5 Å². The molecule has 0 bridgehead atoms. The quantitative estimate of drug-likeness (QED) is 0.826. The number of ether oxygens (including phenoxy) is 2. The standard InChI is InChI=1S/C12H10F2N2O4/c1-16-10(17)5-7(11(16)18)15-6-2-3-8-9(4-6)20-12(13,14)19-8/h2-4,7,15H,5H2,1H3. The fraction of sp³-hybridized carbons (Fsp3) is 0.333. The van der Waals surface area contributed by atoms with Crippen molar-refractivity contribution in [3.05, 3.63) is 18.2 Å². The summed E-state index contributed by atoms with van der Waals surface area (Å²) >= 11 is 0. The van der Waals surface area contributed by atoms with Gasteiger partial charge in [0.1, 0.15) is 6.04 Å². The number of likely N-dealkylation sites (tertiary alicyclic amines) is 1. The van der Waals surface area contributed by atoms with Crippen LogP contribution in [0.4, 0.5) is 14.5 Å². The lowest BCUT2D eigenvalue weighted by molar-refractivity contribution is -0.286. The third kappa shape index (κ3) is 2.02. The first-order valence-electron chi connectivity index (χ1n) is 5.82. The largest absolute Gasteiger partial charge is 0.586 e. The van der Waals surface area contributed by atoms with E-state index in [2.05, 4.69) is 14.8 Å². The number of hydrogen-bond acceptors (Lipinski definition) is 5. The van der Waals surface area contributed by atoms with Crippen LogP contribution in [0.25, 0.3) is 0 Å². The molecule has 1 fully saturated rings. The Balaban J connectivity index is 1.78. The highest BCUT2D eigenvalue weighted by atomic mass is 19.3. The van der Waals surface area contributed by atoms with E-state index in [1.165, 1.54) is 25.2 Å². The number of likely N-dealkylation sites (N-methyl/N-ethyl adjacent to an activating group) is 1. The Morgan fingerprint density at radius 3 is 2.65 bits per heavy atom. The maximum absolute atomic E-state index is 12.9. The van der Waals surface area contributed by atoms with Crippen molar-refractivity contribution in [2.45, 2.75) is 18.8 Å². The van der Waals surface area contributed by atoms with Gasteiger partial charge in [0.25, 0.3) is 5.91 Å². The predicted octanol–water partition coefficient (Wildman–Crippen LogP) is 1.18. The molecule has 1 saturated heterocycles. The van der Waals surface area contributed by atoms with E-state index < -0.39 is 12.3 Å². The average Bonchev–Trinajstić information content (AvgIpc) is 2.79. The number of imide groups is 1. The van der Waals surface area contributed by atoms with Gasteiger partial charge in [-0.15, -0.1) is 8.78 Å². The van der Waals surface area contributed by atoms with Gasteiger partial charge in [0.05, 0.1) is 6.42 Å². The van der Waals surface area contributed by atoms with E-state index in [0.717, 1.165) is 4.90 Å². The lowest BCUT2D eigenvalue weighted by Crippen LogP contribution is -2.31. The molecule has 20 heavy (non-hydrogen) atoms. The van der Waals surface area contributed by atoms with Gasteiger partial charge in [0.15, 0.2) is 11.5 Å². The molecule has 6 nitrogen and oxygen atoms in total. The van der Waals surface area contributed by atoms with Crippen molar-refractivity contribution in [3.63, 3.8) is 0 Å². The molecule has 0 aromatic heterocycles. The molecule has 106 valence electrons. The zero-order valence-corrected chi connectivity index (χ0v) is 10.4. The number of nitrogens with one attached hydrogen (secondary N) is 1. The number of carbonyl (C=O) groups excluding carboxylic acids is 2. The number of fused-ring (bicyclic) bond motifs is 1. The summed E-state index contributed by atoms with van der Waals surface area (Å²) in [6, 6.07) is 3.38. The molecule has 1 unspecified atom stereocenters. The van der Waals surface area contributed by atoms with Crippen LogP contribution >= 0.6 is 0 Å². The lowest BCUT2D eigenvalue weighted by Gasteiger charge is -2.12. The van der Waals surface area contributed by atoms with Crippen LogP contribution in [0.15, 0.2) is 18.2 Å². The molecule has 8 heteroatoms. The molecule has 0 spiro atoms. The molecule has 1 atom stereocenters. The van der Waals surface area contributed by atoms with Crippen LogP contribution in [0, 0.1) is 0 Å². The van der Waals surface area contributed by atoms with E-state index in [9.17, 15) is 18.4 Å². The number of hydrogen-bond donors (Lipinski definition) is 1. The van der Waals surface area contributed by atoms with Crippen molar-refractivity contribution < 1.29 is 27.8 Å². The van der Waals surface area contributed by atoms with Crippen LogP contribution < -0.4 is 14.8 Å². The summed E-state index contributed by atoms with van der Waals surface area (Å²) < 4.78 is 34.3. The highest BCUT2D eigenvalue weighted by Crippen LogP contribution is 2.42. The first-order valence-corrected chi connectivity index (χ1v) is 5.82. The number of anilines is 1. The van der Waals surface area contributed by atoms with Crippen molar-refractivity contribution in [1.82, 2.24) is 4.90 Å². The fourth-order valence-electron chi connectivity index (χ4n) is 2.11. The van der Waals surface area contributed by atoms with Gasteiger partial charge < -0.3 is 14.8 Å². The lowest BCUT2D eigenvalue weighted by atomic mass is 10.2. The van der Waals surface area contributed by atoms with Crippen molar-refractivity contribution >= 4 is 17.5 Å². The maximum Gasteiger partial charge on any atom is 0.586 e. The number of benzene rings is 1. The number of amides is 2. The SMILES string of the molecule is CN1C(=O)CC(Nc2ccc3c(c2)OC(F)(F)O3)C1=O. The number of halogens is 2. The van der Waals surface area contributed by atoms with Crippen molar-refractivity contribution in [2.24, 2.45) is 0 Å². The topological polar surface area (TPSA) is 67.9 Å². The Morgan fingerprint density at radius 2 is 2.00 bits per heavy atom. The Bertz CT molecular complexity index is 605. The Morgan fingerprint density at radius 1 is 1.30 bits per heavy atom. The molecule has 2 amide bonds. The van der Waals surface area contributed by atoms with E-state index in [4.69, 9.17) is 0 Å². The first-order chi connectivity index (χ1) is 9.35. The highest BCUT2D eigenvalue weighted by molar-refractivity contribution is 6.06. The number of carbonyl (C=O) groups is 2. The van der Waals surface area contributed by atoms with Crippen LogP contribution in [0.3, 0.4) is 0 Å². The zero-order valence-electron chi connectivity index (χ0n) is 10.4. The normalized spacial score (nSPS) is 23.4. The van der Waals surface area contributed by atoms with Gasteiger partial charge in [-0.25, -0.2) is 0 Å². The molecule has 3 rings (SSSR count). The maximum atomic E-state index is 12.9. The van der Waals surface area contributed by atoms with E-state index in [0.29, 0.717) is 5.69 Å². The summed E-state index contributed by atoms with van der Waals surface area (Å²) in [6.45, 7) is 0. The van der Waals surface area contributed by atoms with Crippen molar-refractivity contribution in [1.29, 1.82) is 0 Å². The number of alkyl halides is 2. The summed E-state index contributed by atoms with van der Waals surface area (Å²) in [7, 11) is 1.40. The van der Waals surface area contributed by atoms with Crippen LogP contribution in [-0.4, -0.2) is 36.1 Å². The minimum absolute atomic E-state index is 0.0277. The van der Waals surface area contributed by atoms with Crippen LogP contribution in [0.2, 0.25) is 0 Å². The molecule has 0 aliphatic carbocycles. The number of rotatable bonds is 2. The molecular weight excluding hydrogens is 274 g/mol. The first kappa shape index (κ1) is 12.6. The van der Waals surface area contributed by atoms with Gasteiger partial charge in [-0.05, 0) is 12.1 Å². The third-order valence-corrected chi connectivity index (χ3v) is 3.12. The summed E-state index contributed by atoms with van der Waals surface area (Å²) in [6.07, 6.45) is -3.65. The van der Waals surface area contributed by atoms with Gasteiger partial charge in [-0.1, -0.05) is 0 Å². The molecule has 2 heterocycles. The Kier molecular flexibility index (Phi) is 2.56. The van der Waals surface area contributed by atoms with Crippen LogP contribution in [0.1, 0.15) is 6.42 Å². The molecule has 1 aromatic carbocycles. The van der Waals surface area contributed by atoms with Gasteiger partial charge in [-0.2, -0.15) is 0 Å². The molecule has 2 aliphatic heterocycles. The van der Waals surface area contributed by atoms with Crippen molar-refractivity contribution in [2.75, 3.05) is 12.4 Å². The molecular formula is C12H10F2N2O4. The van der Waals surface area contributed by atoms with E-state index in [-0.39, 0.29) is 29.7 Å². The smallest absolute Gasteiger partial charge is 0.395 e. The fourth-order valence-corrected chi connectivity index (χ4v) is 2.11. The van der Waals surface area contributed by atoms with Gasteiger partial charge in [-0.3, -0.25) is 14.5 Å². The molecule has 1 aromatic rings. The third-order valence-electron chi connectivity index (χ3n) is 3.12. The minimum Gasteiger partial charge on any atom is -0.395 e. The van der Waals surface area contributed by atoms with Crippen LogP contribution in [-0.2, 0) is 9.59 Å². The average molecular weight is 284 g/mol. The molecule has 0 radical (unpaired) electrons. The minimum atomic E-state index is -3.68. The molecule has 2 aliphatic rings. The second-order valence-corrected chi connectivity index (χ2v) is 4.52.